The van der Waals surface area contributed by atoms with Crippen LogP contribution in [0.4, 0.5) is 0 Å². The highest BCUT2D eigenvalue weighted by Crippen LogP contribution is 2.27. The molecule has 0 radical (unpaired) electrons. The second-order valence-corrected chi connectivity index (χ2v) is 8.51. The molecule has 2 aromatic heterocycles. The highest BCUT2D eigenvalue weighted by molar-refractivity contribution is 5.94. The van der Waals surface area contributed by atoms with Crippen LogP contribution in [0.5, 0.6) is 0 Å². The number of amides is 1. The van der Waals surface area contributed by atoms with Crippen molar-refractivity contribution in [2.45, 2.75) is 65.0 Å². The van der Waals surface area contributed by atoms with Crippen LogP contribution in [0.25, 0.3) is 11.4 Å². The molecule has 0 aliphatic carbocycles. The number of fused-ring (bicyclic) bond motifs is 1. The molecular formula is C22H27N5O2. The van der Waals surface area contributed by atoms with E-state index in [4.69, 9.17) is 9.51 Å². The Hall–Kier alpha value is -2.96. The van der Waals surface area contributed by atoms with E-state index < -0.39 is 0 Å². The van der Waals surface area contributed by atoms with Gasteiger partial charge in [-0.1, -0.05) is 62.7 Å². The predicted octanol–water partition coefficient (Wildman–Crippen LogP) is 3.89. The lowest BCUT2D eigenvalue weighted by Crippen LogP contribution is -2.25. The van der Waals surface area contributed by atoms with Crippen molar-refractivity contribution < 1.29 is 9.32 Å². The van der Waals surface area contributed by atoms with Gasteiger partial charge in [-0.05, 0) is 19.3 Å². The molecule has 0 bridgehead atoms. The lowest BCUT2D eigenvalue weighted by Gasteiger charge is -2.10. The smallest absolute Gasteiger partial charge is 0.272 e. The van der Waals surface area contributed by atoms with Gasteiger partial charge in [0.1, 0.15) is 11.5 Å². The third-order valence-corrected chi connectivity index (χ3v) is 5.13. The predicted molar refractivity (Wildman–Crippen MR) is 109 cm³/mol. The Balaban J connectivity index is 1.58. The first-order valence-corrected chi connectivity index (χ1v) is 10.2. The number of carbonyl (C=O) groups excluding carboxylic acids is 1. The van der Waals surface area contributed by atoms with Crippen molar-refractivity contribution in [2.24, 2.45) is 0 Å². The summed E-state index contributed by atoms with van der Waals surface area (Å²) in [5.74, 6) is 1.70. The molecule has 7 heteroatoms. The zero-order valence-electron chi connectivity index (χ0n) is 17.2. The topological polar surface area (TPSA) is 85.8 Å². The third-order valence-electron chi connectivity index (χ3n) is 5.13. The van der Waals surface area contributed by atoms with Gasteiger partial charge in [-0.2, -0.15) is 4.98 Å². The van der Waals surface area contributed by atoms with Crippen molar-refractivity contribution in [3.8, 4) is 11.4 Å². The quantitative estimate of drug-likeness (QED) is 0.727. The largest absolute Gasteiger partial charge is 0.343 e. The van der Waals surface area contributed by atoms with Gasteiger partial charge in [-0.15, -0.1) is 0 Å². The average Bonchev–Trinajstić information content (AvgIpc) is 3.25. The molecule has 0 fully saturated rings. The lowest BCUT2D eigenvalue weighted by molar-refractivity contribution is 0.0944. The summed E-state index contributed by atoms with van der Waals surface area (Å²) in [5.41, 5.74) is 2.33. The maximum atomic E-state index is 13.0. The molecule has 1 amide bonds. The third kappa shape index (κ3) is 4.09. The number of benzene rings is 1. The van der Waals surface area contributed by atoms with E-state index >= 15 is 0 Å². The molecule has 0 atom stereocenters. The summed E-state index contributed by atoms with van der Waals surface area (Å²) < 4.78 is 7.52. The summed E-state index contributed by atoms with van der Waals surface area (Å²) in [6, 6.07) is 10.1. The van der Waals surface area contributed by atoms with Gasteiger partial charge in [0.15, 0.2) is 5.82 Å². The van der Waals surface area contributed by atoms with E-state index in [1.54, 1.807) is 0 Å². The fourth-order valence-electron chi connectivity index (χ4n) is 3.58. The first-order chi connectivity index (χ1) is 13.9. The van der Waals surface area contributed by atoms with E-state index in [9.17, 15) is 4.79 Å². The minimum absolute atomic E-state index is 0.195. The number of hydrogen-bond acceptors (Lipinski definition) is 5. The Kier molecular flexibility index (Phi) is 5.22. The fraction of sp³-hybridized carbons (Fsp3) is 0.455. The van der Waals surface area contributed by atoms with Crippen LogP contribution < -0.4 is 5.32 Å². The van der Waals surface area contributed by atoms with Gasteiger partial charge in [0.05, 0.1) is 12.2 Å². The second kappa shape index (κ2) is 7.81. The molecule has 3 heterocycles. The van der Waals surface area contributed by atoms with Gasteiger partial charge >= 0.3 is 0 Å². The van der Waals surface area contributed by atoms with E-state index in [1.165, 1.54) is 0 Å². The van der Waals surface area contributed by atoms with E-state index in [1.807, 2.05) is 51.1 Å². The van der Waals surface area contributed by atoms with E-state index in [0.29, 0.717) is 17.4 Å². The van der Waals surface area contributed by atoms with Gasteiger partial charge in [0.25, 0.3) is 5.91 Å². The normalized spacial score (nSPS) is 14.3. The molecule has 1 aliphatic rings. The van der Waals surface area contributed by atoms with E-state index in [2.05, 4.69) is 20.0 Å². The summed E-state index contributed by atoms with van der Waals surface area (Å²) in [6.07, 6.45) is 4.19. The van der Waals surface area contributed by atoms with Crippen LogP contribution in [0.1, 0.15) is 67.9 Å². The van der Waals surface area contributed by atoms with Crippen molar-refractivity contribution >= 4 is 5.91 Å². The molecule has 1 aromatic carbocycles. The average molecular weight is 393 g/mol. The van der Waals surface area contributed by atoms with Crippen LogP contribution in [0.15, 0.2) is 34.9 Å². The number of imidazole rings is 1. The molecule has 29 heavy (non-hydrogen) atoms. The summed E-state index contributed by atoms with van der Waals surface area (Å²) in [6.45, 7) is 7.13. The Morgan fingerprint density at radius 1 is 1.14 bits per heavy atom. The molecule has 0 saturated carbocycles. The molecule has 1 aliphatic heterocycles. The molecule has 0 saturated heterocycles. The molecule has 0 unspecified atom stereocenters. The number of hydrogen-bond donors (Lipinski definition) is 1. The Bertz CT molecular complexity index is 998. The van der Waals surface area contributed by atoms with Crippen LogP contribution in [0, 0.1) is 0 Å². The van der Waals surface area contributed by atoms with E-state index in [-0.39, 0.29) is 17.9 Å². The molecule has 4 rings (SSSR count). The van der Waals surface area contributed by atoms with Crippen LogP contribution in [0.3, 0.4) is 0 Å². The standard InChI is InChI=1S/C22H27N5O2/c1-22(2,3)21-24-17(26-29-21)14-23-20(28)18-16-12-8-5-9-13-27(16)19(25-18)15-10-6-4-7-11-15/h4,6-7,10-11H,5,8-9,12-14H2,1-3H3,(H,23,28). The maximum absolute atomic E-state index is 13.0. The van der Waals surface area contributed by atoms with Gasteiger partial charge in [-0.3, -0.25) is 4.79 Å². The molecule has 3 aromatic rings. The van der Waals surface area contributed by atoms with Crippen molar-refractivity contribution in [2.75, 3.05) is 0 Å². The molecule has 152 valence electrons. The lowest BCUT2D eigenvalue weighted by atomic mass is 9.97. The summed E-state index contributed by atoms with van der Waals surface area (Å²) in [5, 5.41) is 6.89. The fourth-order valence-corrected chi connectivity index (χ4v) is 3.58. The highest BCUT2D eigenvalue weighted by Gasteiger charge is 2.25. The summed E-state index contributed by atoms with van der Waals surface area (Å²) in [7, 11) is 0. The number of nitrogens with zero attached hydrogens (tertiary/aromatic N) is 4. The number of aromatic nitrogens is 4. The zero-order chi connectivity index (χ0) is 20.4. The number of nitrogens with one attached hydrogen (secondary N) is 1. The second-order valence-electron chi connectivity index (χ2n) is 8.51. The SMILES string of the molecule is CC(C)(C)c1nc(CNC(=O)c2nc(-c3ccccc3)n3c2CCCCC3)no1. The Labute approximate surface area is 170 Å². The van der Waals surface area contributed by atoms with Crippen molar-refractivity contribution in [1.29, 1.82) is 0 Å². The van der Waals surface area contributed by atoms with Crippen LogP contribution in [-0.2, 0) is 24.9 Å². The molecular weight excluding hydrogens is 366 g/mol. The molecule has 0 spiro atoms. The maximum Gasteiger partial charge on any atom is 0.272 e. The van der Waals surface area contributed by atoms with E-state index in [0.717, 1.165) is 49.3 Å². The summed E-state index contributed by atoms with van der Waals surface area (Å²) >= 11 is 0. The summed E-state index contributed by atoms with van der Waals surface area (Å²) in [4.78, 5) is 22.1. The van der Waals surface area contributed by atoms with Gasteiger partial charge in [-0.25, -0.2) is 4.98 Å². The van der Waals surface area contributed by atoms with Gasteiger partial charge < -0.3 is 14.4 Å². The van der Waals surface area contributed by atoms with Crippen molar-refractivity contribution in [1.82, 2.24) is 25.0 Å². The Morgan fingerprint density at radius 3 is 2.66 bits per heavy atom. The minimum atomic E-state index is -0.221. The van der Waals surface area contributed by atoms with Crippen molar-refractivity contribution in [3.05, 3.63) is 53.4 Å². The monoisotopic (exact) mass is 393 g/mol. The number of carbonyl (C=O) groups is 1. The van der Waals surface area contributed by atoms with Gasteiger partial charge in [0.2, 0.25) is 5.89 Å². The first kappa shape index (κ1) is 19.4. The molecule has 7 nitrogen and oxygen atoms in total. The van der Waals surface area contributed by atoms with Crippen LogP contribution in [-0.4, -0.2) is 25.6 Å². The highest BCUT2D eigenvalue weighted by atomic mass is 16.5. The molecule has 1 N–H and O–H groups in total. The Morgan fingerprint density at radius 2 is 1.93 bits per heavy atom. The number of rotatable bonds is 4. The van der Waals surface area contributed by atoms with Gasteiger partial charge in [0, 0.05) is 17.5 Å². The zero-order valence-corrected chi connectivity index (χ0v) is 17.2. The van der Waals surface area contributed by atoms with Crippen LogP contribution >= 0.6 is 0 Å². The first-order valence-electron chi connectivity index (χ1n) is 10.2. The van der Waals surface area contributed by atoms with Crippen molar-refractivity contribution in [3.63, 3.8) is 0 Å². The van der Waals surface area contributed by atoms with Crippen LogP contribution in [0.2, 0.25) is 0 Å². The minimum Gasteiger partial charge on any atom is -0.343 e.